The first-order valence-electron chi connectivity index (χ1n) is 8.69. The number of halogens is 2. The molecule has 0 aliphatic heterocycles. The molecule has 0 bridgehead atoms. The molecule has 0 aliphatic rings. The van der Waals surface area contributed by atoms with Gasteiger partial charge in [-0.1, -0.05) is 13.3 Å². The fourth-order valence-corrected chi connectivity index (χ4v) is 4.44. The maximum Gasteiger partial charge on any atom is 0.160 e. The zero-order valence-electron chi connectivity index (χ0n) is 14.9. The van der Waals surface area contributed by atoms with Crippen LogP contribution in [0.1, 0.15) is 47.3 Å². The average Bonchev–Trinajstić information content (AvgIpc) is 3.17. The molecule has 3 rings (SSSR count). The van der Waals surface area contributed by atoms with Gasteiger partial charge in [-0.3, -0.25) is 0 Å². The molecule has 0 saturated carbocycles. The van der Waals surface area contributed by atoms with Crippen molar-refractivity contribution >= 4 is 50.0 Å². The van der Waals surface area contributed by atoms with E-state index < -0.39 is 0 Å². The summed E-state index contributed by atoms with van der Waals surface area (Å²) in [6.45, 7) is 7.21. The molecule has 0 unspecified atom stereocenters. The number of aryl methyl sites for hydroxylation is 4. The topological polar surface area (TPSA) is 30.7 Å². The standard InChI is InChI=1S/C19H23BrClN3S/c1-4-5-6-16-23-18-12(2)17(20)13(3)22-19(18)24(16)10-15-9-14(7-8-21)11-25-15/h9,11H,4-8,10H2,1-3H3. The first-order chi connectivity index (χ1) is 12.0. The van der Waals surface area contributed by atoms with Crippen molar-refractivity contribution in [2.24, 2.45) is 0 Å². The lowest BCUT2D eigenvalue weighted by molar-refractivity contribution is 0.690. The molecular formula is C19H23BrClN3S. The fraction of sp³-hybridized carbons (Fsp3) is 0.474. The highest BCUT2D eigenvalue weighted by molar-refractivity contribution is 9.10. The highest BCUT2D eigenvalue weighted by atomic mass is 79.9. The first kappa shape index (κ1) is 18.9. The molecule has 134 valence electrons. The molecule has 0 fully saturated rings. The number of hydrogen-bond acceptors (Lipinski definition) is 3. The third-order valence-corrected chi connectivity index (χ3v) is 6.78. The van der Waals surface area contributed by atoms with E-state index in [0.29, 0.717) is 5.88 Å². The van der Waals surface area contributed by atoms with E-state index in [-0.39, 0.29) is 0 Å². The van der Waals surface area contributed by atoms with Gasteiger partial charge in [-0.15, -0.1) is 22.9 Å². The van der Waals surface area contributed by atoms with Crippen molar-refractivity contribution in [3.8, 4) is 0 Å². The molecule has 3 aromatic heterocycles. The van der Waals surface area contributed by atoms with E-state index >= 15 is 0 Å². The number of thiophene rings is 1. The Morgan fingerprint density at radius 1 is 1.24 bits per heavy atom. The fourth-order valence-electron chi connectivity index (χ4n) is 3.03. The molecule has 0 amide bonds. The van der Waals surface area contributed by atoms with Gasteiger partial charge in [-0.25, -0.2) is 9.97 Å². The number of hydrogen-bond donors (Lipinski definition) is 0. The number of alkyl halides is 1. The Morgan fingerprint density at radius 2 is 2.04 bits per heavy atom. The second kappa shape index (κ2) is 8.19. The molecule has 6 heteroatoms. The van der Waals surface area contributed by atoms with Crippen molar-refractivity contribution in [3.63, 3.8) is 0 Å². The monoisotopic (exact) mass is 439 g/mol. The van der Waals surface area contributed by atoms with Gasteiger partial charge in [0.15, 0.2) is 5.65 Å². The Labute approximate surface area is 166 Å². The van der Waals surface area contributed by atoms with Gasteiger partial charge in [0, 0.05) is 21.7 Å². The third-order valence-electron chi connectivity index (χ3n) is 4.45. The first-order valence-corrected chi connectivity index (χ1v) is 10.9. The van der Waals surface area contributed by atoms with Crippen molar-refractivity contribution < 1.29 is 0 Å². The second-order valence-electron chi connectivity index (χ2n) is 6.39. The maximum absolute atomic E-state index is 5.87. The van der Waals surface area contributed by atoms with E-state index in [1.165, 1.54) is 16.0 Å². The van der Waals surface area contributed by atoms with Gasteiger partial charge in [0.05, 0.1) is 12.2 Å². The van der Waals surface area contributed by atoms with E-state index in [1.54, 1.807) is 11.3 Å². The highest BCUT2D eigenvalue weighted by Crippen LogP contribution is 2.29. The third kappa shape index (κ3) is 3.93. The van der Waals surface area contributed by atoms with Crippen molar-refractivity contribution in [1.29, 1.82) is 0 Å². The van der Waals surface area contributed by atoms with Crippen molar-refractivity contribution in [2.75, 3.05) is 5.88 Å². The van der Waals surface area contributed by atoms with E-state index in [4.69, 9.17) is 21.6 Å². The molecule has 0 radical (unpaired) electrons. The minimum atomic E-state index is 0.667. The van der Waals surface area contributed by atoms with Crippen LogP contribution in [-0.2, 0) is 19.4 Å². The smallest absolute Gasteiger partial charge is 0.160 e. The van der Waals surface area contributed by atoms with Gasteiger partial charge < -0.3 is 4.57 Å². The maximum atomic E-state index is 5.87. The van der Waals surface area contributed by atoms with Crippen LogP contribution in [0, 0.1) is 13.8 Å². The molecule has 0 spiro atoms. The lowest BCUT2D eigenvalue weighted by Gasteiger charge is -2.08. The summed E-state index contributed by atoms with van der Waals surface area (Å²) in [5.41, 5.74) is 5.52. The van der Waals surface area contributed by atoms with Crippen LogP contribution in [0.3, 0.4) is 0 Å². The van der Waals surface area contributed by atoms with E-state index in [9.17, 15) is 0 Å². The van der Waals surface area contributed by atoms with Crippen LogP contribution in [0.5, 0.6) is 0 Å². The van der Waals surface area contributed by atoms with Crippen LogP contribution in [0.25, 0.3) is 11.2 Å². The highest BCUT2D eigenvalue weighted by Gasteiger charge is 2.17. The summed E-state index contributed by atoms with van der Waals surface area (Å²) in [5.74, 6) is 1.80. The zero-order valence-corrected chi connectivity index (χ0v) is 18.1. The molecule has 3 aromatic rings. The molecule has 0 atom stereocenters. The second-order valence-corrected chi connectivity index (χ2v) is 8.55. The molecule has 3 nitrogen and oxygen atoms in total. The number of imidazole rings is 1. The van der Waals surface area contributed by atoms with Gasteiger partial charge in [0.1, 0.15) is 11.3 Å². The van der Waals surface area contributed by atoms with Crippen LogP contribution in [-0.4, -0.2) is 20.4 Å². The van der Waals surface area contributed by atoms with Crippen LogP contribution in [0.4, 0.5) is 0 Å². The van der Waals surface area contributed by atoms with Crippen molar-refractivity contribution in [2.45, 2.75) is 53.0 Å². The Hall–Kier alpha value is -0.910. The molecule has 0 saturated heterocycles. The van der Waals surface area contributed by atoms with E-state index in [1.807, 2.05) is 6.92 Å². The summed E-state index contributed by atoms with van der Waals surface area (Å²) < 4.78 is 3.36. The summed E-state index contributed by atoms with van der Waals surface area (Å²) in [6, 6.07) is 2.26. The van der Waals surface area contributed by atoms with E-state index in [0.717, 1.165) is 59.4 Å². The van der Waals surface area contributed by atoms with Crippen LogP contribution < -0.4 is 0 Å². The molecule has 25 heavy (non-hydrogen) atoms. The summed E-state index contributed by atoms with van der Waals surface area (Å²) in [6.07, 6.45) is 4.22. The zero-order chi connectivity index (χ0) is 18.0. The minimum Gasteiger partial charge on any atom is -0.307 e. The van der Waals surface area contributed by atoms with Gasteiger partial charge >= 0.3 is 0 Å². The predicted octanol–water partition coefficient (Wildman–Crippen LogP) is 6.04. The Balaban J connectivity index is 2.06. The number of aromatic nitrogens is 3. The number of pyridine rings is 1. The van der Waals surface area contributed by atoms with Crippen LogP contribution in [0.15, 0.2) is 15.9 Å². The molecule has 0 aliphatic carbocycles. The number of rotatable bonds is 7. The van der Waals surface area contributed by atoms with Gasteiger partial charge in [-0.05, 0) is 65.2 Å². The Kier molecular flexibility index (Phi) is 6.18. The molecule has 0 aromatic carbocycles. The summed E-state index contributed by atoms with van der Waals surface area (Å²) in [5, 5.41) is 2.21. The van der Waals surface area contributed by atoms with Gasteiger partial charge in [-0.2, -0.15) is 0 Å². The SMILES string of the molecule is CCCCc1nc2c(C)c(Br)c(C)nc2n1Cc1cc(CCCl)cs1. The number of nitrogens with zero attached hydrogens (tertiary/aromatic N) is 3. The Morgan fingerprint density at radius 3 is 2.76 bits per heavy atom. The summed E-state index contributed by atoms with van der Waals surface area (Å²) in [4.78, 5) is 11.1. The largest absolute Gasteiger partial charge is 0.307 e. The average molecular weight is 441 g/mol. The van der Waals surface area contributed by atoms with Gasteiger partial charge in [0.2, 0.25) is 0 Å². The lowest BCUT2D eigenvalue weighted by Crippen LogP contribution is -2.06. The minimum absolute atomic E-state index is 0.667. The number of unbranched alkanes of at least 4 members (excludes halogenated alkanes) is 1. The Bertz CT molecular complexity index is 885. The molecule has 0 N–H and O–H groups in total. The summed E-state index contributed by atoms with van der Waals surface area (Å²) in [7, 11) is 0. The van der Waals surface area contributed by atoms with E-state index in [2.05, 4.69) is 45.8 Å². The molecule has 3 heterocycles. The lowest BCUT2D eigenvalue weighted by atomic mass is 10.2. The summed E-state index contributed by atoms with van der Waals surface area (Å²) >= 11 is 11.3. The molecular weight excluding hydrogens is 418 g/mol. The number of fused-ring (bicyclic) bond motifs is 1. The normalized spacial score (nSPS) is 11.6. The van der Waals surface area contributed by atoms with Crippen LogP contribution in [0.2, 0.25) is 0 Å². The predicted molar refractivity (Wildman–Crippen MR) is 111 cm³/mol. The van der Waals surface area contributed by atoms with Crippen molar-refractivity contribution in [3.05, 3.63) is 43.4 Å². The van der Waals surface area contributed by atoms with Crippen LogP contribution >= 0.6 is 38.9 Å². The van der Waals surface area contributed by atoms with Gasteiger partial charge in [0.25, 0.3) is 0 Å². The quantitative estimate of drug-likeness (QED) is 0.419. The van der Waals surface area contributed by atoms with Crippen molar-refractivity contribution in [1.82, 2.24) is 14.5 Å².